The lowest BCUT2D eigenvalue weighted by Gasteiger charge is -2.15. The molecule has 0 fully saturated rings. The van der Waals surface area contributed by atoms with Crippen molar-refractivity contribution in [3.63, 3.8) is 0 Å². The standard InChI is InChI=1S/C13H25N5O/c1-9(2)8-19-13-11(14)12(16-10(3)17-13)15-6-7-18(4)5/h9H,6-8,14H2,1-5H3,(H,15,16,17). The highest BCUT2D eigenvalue weighted by Gasteiger charge is 2.11. The molecule has 6 heteroatoms. The van der Waals surface area contributed by atoms with Gasteiger partial charge in [0.15, 0.2) is 5.82 Å². The summed E-state index contributed by atoms with van der Waals surface area (Å²) in [6.07, 6.45) is 0. The normalized spacial score (nSPS) is 11.1. The van der Waals surface area contributed by atoms with Crippen LogP contribution in [0.4, 0.5) is 11.5 Å². The first kappa shape index (κ1) is 15.5. The molecule has 108 valence electrons. The Hall–Kier alpha value is -1.56. The SMILES string of the molecule is Cc1nc(NCCN(C)C)c(N)c(OCC(C)C)n1. The van der Waals surface area contributed by atoms with Crippen LogP contribution in [0.1, 0.15) is 19.7 Å². The second-order valence-electron chi connectivity index (χ2n) is 5.27. The zero-order valence-electron chi connectivity index (χ0n) is 12.5. The maximum atomic E-state index is 6.03. The molecule has 0 saturated heterocycles. The summed E-state index contributed by atoms with van der Waals surface area (Å²) in [4.78, 5) is 10.6. The lowest BCUT2D eigenvalue weighted by Crippen LogP contribution is -2.22. The van der Waals surface area contributed by atoms with E-state index in [9.17, 15) is 0 Å². The number of aromatic nitrogens is 2. The number of nitrogens with two attached hydrogens (primary N) is 1. The molecule has 0 atom stereocenters. The second-order valence-corrected chi connectivity index (χ2v) is 5.27. The molecule has 0 spiro atoms. The molecule has 1 aromatic heterocycles. The molecule has 19 heavy (non-hydrogen) atoms. The van der Waals surface area contributed by atoms with Gasteiger partial charge in [0.2, 0.25) is 5.88 Å². The van der Waals surface area contributed by atoms with E-state index < -0.39 is 0 Å². The molecular formula is C13H25N5O. The fourth-order valence-corrected chi connectivity index (χ4v) is 1.44. The number of nitrogen functional groups attached to an aromatic ring is 1. The molecule has 0 saturated carbocycles. The van der Waals surface area contributed by atoms with E-state index in [2.05, 4.69) is 34.0 Å². The van der Waals surface area contributed by atoms with Crippen LogP contribution in [0.25, 0.3) is 0 Å². The van der Waals surface area contributed by atoms with Crippen LogP contribution in [0.5, 0.6) is 5.88 Å². The number of nitrogens with zero attached hydrogens (tertiary/aromatic N) is 3. The summed E-state index contributed by atoms with van der Waals surface area (Å²) in [5, 5.41) is 3.22. The Labute approximate surface area is 115 Å². The minimum absolute atomic E-state index is 0.430. The smallest absolute Gasteiger partial charge is 0.242 e. The van der Waals surface area contributed by atoms with E-state index >= 15 is 0 Å². The van der Waals surface area contributed by atoms with Crippen molar-refractivity contribution < 1.29 is 4.74 Å². The number of anilines is 2. The topological polar surface area (TPSA) is 76.3 Å². The van der Waals surface area contributed by atoms with Crippen LogP contribution in [0.3, 0.4) is 0 Å². The zero-order valence-corrected chi connectivity index (χ0v) is 12.5. The molecule has 0 bridgehead atoms. The number of nitrogens with one attached hydrogen (secondary N) is 1. The number of ether oxygens (including phenoxy) is 1. The Morgan fingerprint density at radius 2 is 2.00 bits per heavy atom. The Morgan fingerprint density at radius 3 is 2.58 bits per heavy atom. The second kappa shape index (κ2) is 7.13. The van der Waals surface area contributed by atoms with Gasteiger partial charge in [-0.1, -0.05) is 13.8 Å². The van der Waals surface area contributed by atoms with Crippen molar-refractivity contribution >= 4 is 11.5 Å². The van der Waals surface area contributed by atoms with Gasteiger partial charge >= 0.3 is 0 Å². The molecule has 0 radical (unpaired) electrons. The van der Waals surface area contributed by atoms with Crippen LogP contribution in [0.2, 0.25) is 0 Å². The maximum absolute atomic E-state index is 6.03. The van der Waals surface area contributed by atoms with E-state index in [1.54, 1.807) is 0 Å². The van der Waals surface area contributed by atoms with Gasteiger partial charge in [-0.3, -0.25) is 0 Å². The quantitative estimate of drug-likeness (QED) is 0.777. The zero-order chi connectivity index (χ0) is 14.4. The molecule has 0 unspecified atom stereocenters. The van der Waals surface area contributed by atoms with E-state index in [1.165, 1.54) is 0 Å². The number of likely N-dealkylation sites (N-methyl/N-ethyl adjacent to an activating group) is 1. The van der Waals surface area contributed by atoms with Gasteiger partial charge in [0, 0.05) is 13.1 Å². The van der Waals surface area contributed by atoms with Crippen LogP contribution < -0.4 is 15.8 Å². The van der Waals surface area contributed by atoms with Gasteiger partial charge in [-0.05, 0) is 26.9 Å². The Balaban J connectivity index is 2.75. The first-order chi connectivity index (χ1) is 8.90. The van der Waals surface area contributed by atoms with Crippen LogP contribution in [0, 0.1) is 12.8 Å². The predicted molar refractivity (Wildman–Crippen MR) is 78.6 cm³/mol. The number of aryl methyl sites for hydroxylation is 1. The average molecular weight is 267 g/mol. The summed E-state index contributed by atoms with van der Waals surface area (Å²) in [5.74, 6) is 2.20. The number of rotatable bonds is 7. The molecule has 6 nitrogen and oxygen atoms in total. The maximum Gasteiger partial charge on any atom is 0.242 e. The summed E-state index contributed by atoms with van der Waals surface area (Å²) in [5.41, 5.74) is 6.51. The molecule has 3 N–H and O–H groups in total. The Morgan fingerprint density at radius 1 is 1.32 bits per heavy atom. The third-order valence-corrected chi connectivity index (χ3v) is 2.43. The number of hydrogen-bond donors (Lipinski definition) is 2. The molecular weight excluding hydrogens is 242 g/mol. The van der Waals surface area contributed by atoms with Gasteiger partial charge in [-0.2, -0.15) is 4.98 Å². The van der Waals surface area contributed by atoms with Crippen molar-refractivity contribution in [2.75, 3.05) is 44.8 Å². The van der Waals surface area contributed by atoms with Crippen molar-refractivity contribution in [1.29, 1.82) is 0 Å². The highest BCUT2D eigenvalue weighted by Crippen LogP contribution is 2.26. The first-order valence-electron chi connectivity index (χ1n) is 6.55. The molecule has 0 aromatic carbocycles. The van der Waals surface area contributed by atoms with Crippen molar-refractivity contribution in [3.8, 4) is 5.88 Å². The lowest BCUT2D eigenvalue weighted by atomic mass is 10.2. The molecule has 0 aliphatic rings. The van der Waals surface area contributed by atoms with Gasteiger partial charge in [-0.15, -0.1) is 0 Å². The first-order valence-corrected chi connectivity index (χ1v) is 6.55. The van der Waals surface area contributed by atoms with E-state index in [4.69, 9.17) is 10.5 Å². The fraction of sp³-hybridized carbons (Fsp3) is 0.692. The van der Waals surface area contributed by atoms with Crippen LogP contribution >= 0.6 is 0 Å². The fourth-order valence-electron chi connectivity index (χ4n) is 1.44. The highest BCUT2D eigenvalue weighted by molar-refractivity contribution is 5.66. The molecule has 0 amide bonds. The van der Waals surface area contributed by atoms with Crippen LogP contribution in [-0.4, -0.2) is 48.7 Å². The summed E-state index contributed by atoms with van der Waals surface area (Å²) in [6, 6.07) is 0. The van der Waals surface area contributed by atoms with Gasteiger partial charge in [0.1, 0.15) is 11.5 Å². The van der Waals surface area contributed by atoms with Crippen molar-refractivity contribution in [1.82, 2.24) is 14.9 Å². The minimum Gasteiger partial charge on any atom is -0.476 e. The monoisotopic (exact) mass is 267 g/mol. The predicted octanol–water partition coefficient (Wildman–Crippen LogP) is 1.38. The molecule has 1 aromatic rings. The molecule has 1 heterocycles. The van der Waals surface area contributed by atoms with E-state index in [0.717, 1.165) is 13.1 Å². The molecule has 0 aliphatic heterocycles. The Bertz CT molecular complexity index is 406. The van der Waals surface area contributed by atoms with Crippen molar-refractivity contribution in [3.05, 3.63) is 5.82 Å². The minimum atomic E-state index is 0.430. The summed E-state index contributed by atoms with van der Waals surface area (Å²) in [6.45, 7) is 8.28. The van der Waals surface area contributed by atoms with E-state index in [-0.39, 0.29) is 0 Å². The third-order valence-electron chi connectivity index (χ3n) is 2.43. The van der Waals surface area contributed by atoms with E-state index in [1.807, 2.05) is 21.0 Å². The summed E-state index contributed by atoms with van der Waals surface area (Å²) >= 11 is 0. The van der Waals surface area contributed by atoms with Gasteiger partial charge in [-0.25, -0.2) is 4.98 Å². The van der Waals surface area contributed by atoms with E-state index in [0.29, 0.717) is 35.7 Å². The van der Waals surface area contributed by atoms with Crippen LogP contribution in [-0.2, 0) is 0 Å². The lowest BCUT2D eigenvalue weighted by molar-refractivity contribution is 0.262. The largest absolute Gasteiger partial charge is 0.476 e. The van der Waals surface area contributed by atoms with Crippen molar-refractivity contribution in [2.45, 2.75) is 20.8 Å². The Kier molecular flexibility index (Phi) is 5.82. The summed E-state index contributed by atoms with van der Waals surface area (Å²) in [7, 11) is 4.04. The van der Waals surface area contributed by atoms with Gasteiger partial charge in [0.05, 0.1) is 6.61 Å². The van der Waals surface area contributed by atoms with Gasteiger partial charge in [0.25, 0.3) is 0 Å². The summed E-state index contributed by atoms with van der Waals surface area (Å²) < 4.78 is 5.62. The molecule has 0 aliphatic carbocycles. The highest BCUT2D eigenvalue weighted by atomic mass is 16.5. The third kappa shape index (κ3) is 5.30. The number of hydrogen-bond acceptors (Lipinski definition) is 6. The average Bonchev–Trinajstić information content (AvgIpc) is 2.30. The van der Waals surface area contributed by atoms with Crippen LogP contribution in [0.15, 0.2) is 0 Å². The van der Waals surface area contributed by atoms with Gasteiger partial charge < -0.3 is 20.7 Å². The van der Waals surface area contributed by atoms with Crippen molar-refractivity contribution in [2.24, 2.45) is 5.92 Å². The molecule has 1 rings (SSSR count).